The molecule has 0 N–H and O–H groups in total. The highest BCUT2D eigenvalue weighted by atomic mass is 16.3. The molecular weight excluding hydrogens is 763 g/mol. The van der Waals surface area contributed by atoms with E-state index in [0.717, 1.165) is 50.1 Å². The fourth-order valence-corrected chi connectivity index (χ4v) is 10.7. The first kappa shape index (κ1) is 35.5. The number of benzene rings is 10. The van der Waals surface area contributed by atoms with E-state index in [2.05, 4.69) is 229 Å². The Morgan fingerprint density at radius 2 is 0.730 bits per heavy atom. The van der Waals surface area contributed by atoms with Gasteiger partial charge in [-0.25, -0.2) is 0 Å². The van der Waals surface area contributed by atoms with Gasteiger partial charge in [-0.1, -0.05) is 182 Å². The molecule has 0 saturated heterocycles. The van der Waals surface area contributed by atoms with Crippen molar-refractivity contribution in [2.24, 2.45) is 0 Å². The Kier molecular flexibility index (Phi) is 7.85. The highest BCUT2D eigenvalue weighted by Crippen LogP contribution is 2.63. The van der Waals surface area contributed by atoms with Crippen LogP contribution in [0.2, 0.25) is 0 Å². The third-order valence-electron chi connectivity index (χ3n) is 13.5. The van der Waals surface area contributed by atoms with E-state index >= 15 is 0 Å². The monoisotopic (exact) mass is 801 g/mol. The quantitative estimate of drug-likeness (QED) is 0.167. The van der Waals surface area contributed by atoms with Crippen LogP contribution in [0, 0.1) is 0 Å². The average molecular weight is 802 g/mol. The van der Waals surface area contributed by atoms with E-state index in [0.29, 0.717) is 0 Å². The molecule has 1 aromatic heterocycles. The summed E-state index contributed by atoms with van der Waals surface area (Å²) in [7, 11) is 0. The first-order valence-electron chi connectivity index (χ1n) is 21.7. The summed E-state index contributed by atoms with van der Waals surface area (Å²) < 4.78 is 6.22. The van der Waals surface area contributed by atoms with Crippen molar-refractivity contribution in [1.29, 1.82) is 0 Å². The maximum atomic E-state index is 6.22. The minimum Gasteiger partial charge on any atom is -0.456 e. The molecule has 0 atom stereocenters. The van der Waals surface area contributed by atoms with Crippen LogP contribution in [0.5, 0.6) is 0 Å². The number of fused-ring (bicyclic) bond motifs is 13. The Hall–Kier alpha value is -8.20. The van der Waals surface area contributed by atoms with Gasteiger partial charge in [0.2, 0.25) is 0 Å². The fourth-order valence-electron chi connectivity index (χ4n) is 10.7. The fraction of sp³-hybridized carbons (Fsp3) is 0.0164. The van der Waals surface area contributed by atoms with Gasteiger partial charge in [-0.2, -0.15) is 0 Å². The first-order chi connectivity index (χ1) is 31.2. The molecule has 0 bridgehead atoms. The van der Waals surface area contributed by atoms with Crippen molar-refractivity contribution in [1.82, 2.24) is 0 Å². The Morgan fingerprint density at radius 3 is 1.40 bits per heavy atom. The Labute approximate surface area is 366 Å². The number of nitrogens with zero attached hydrogens (tertiary/aromatic N) is 1. The molecule has 13 rings (SSSR count). The van der Waals surface area contributed by atoms with Crippen LogP contribution >= 0.6 is 0 Å². The standard InChI is InChI=1S/C61H39NO/c1-2-13-40(14-3-1)41-25-27-42(28-26-41)43-29-32-46(33-30-43)62(47-16-12-15-44(37-47)45-31-36-60-54(38-45)53-20-7-11-24-59(53)63-60)48-34-35-52-51-19-6-10-23-57(51)61(58(52)39-48)55-21-8-4-17-49(55)50-18-5-9-22-56(50)61/h1-39H. The van der Waals surface area contributed by atoms with Crippen molar-refractivity contribution in [3.63, 3.8) is 0 Å². The lowest BCUT2D eigenvalue weighted by Crippen LogP contribution is -2.26. The van der Waals surface area contributed by atoms with Crippen LogP contribution in [0.25, 0.3) is 77.6 Å². The van der Waals surface area contributed by atoms with Gasteiger partial charge in [0.05, 0.1) is 5.41 Å². The van der Waals surface area contributed by atoms with Gasteiger partial charge in [0.15, 0.2) is 0 Å². The molecule has 1 heterocycles. The van der Waals surface area contributed by atoms with Gasteiger partial charge in [0.25, 0.3) is 0 Å². The summed E-state index contributed by atoms with van der Waals surface area (Å²) in [6.07, 6.45) is 0. The molecule has 0 amide bonds. The maximum Gasteiger partial charge on any atom is 0.135 e. The van der Waals surface area contributed by atoms with Crippen LogP contribution in [0.1, 0.15) is 22.3 Å². The van der Waals surface area contributed by atoms with Gasteiger partial charge in [0.1, 0.15) is 11.2 Å². The molecule has 1 spiro atoms. The van der Waals surface area contributed by atoms with Gasteiger partial charge in [-0.05, 0) is 132 Å². The molecule has 294 valence electrons. The van der Waals surface area contributed by atoms with Gasteiger partial charge in [-0.3, -0.25) is 0 Å². The second kappa shape index (κ2) is 13.9. The molecule has 0 unspecified atom stereocenters. The van der Waals surface area contributed by atoms with Gasteiger partial charge < -0.3 is 9.32 Å². The molecule has 0 radical (unpaired) electrons. The van der Waals surface area contributed by atoms with Crippen LogP contribution in [0.4, 0.5) is 17.1 Å². The molecule has 10 aromatic carbocycles. The van der Waals surface area contributed by atoms with Crippen LogP contribution in [0.15, 0.2) is 241 Å². The van der Waals surface area contributed by atoms with Crippen LogP contribution in [0.3, 0.4) is 0 Å². The predicted molar refractivity (Wildman–Crippen MR) is 261 cm³/mol. The van der Waals surface area contributed by atoms with Crippen molar-refractivity contribution < 1.29 is 4.42 Å². The number of hydrogen-bond donors (Lipinski definition) is 0. The Balaban J connectivity index is 0.981. The van der Waals surface area contributed by atoms with E-state index in [1.165, 1.54) is 66.8 Å². The van der Waals surface area contributed by atoms with Crippen LogP contribution < -0.4 is 4.90 Å². The van der Waals surface area contributed by atoms with E-state index in [9.17, 15) is 0 Å². The summed E-state index contributed by atoms with van der Waals surface area (Å²) in [4.78, 5) is 2.43. The lowest BCUT2D eigenvalue weighted by Gasteiger charge is -2.32. The van der Waals surface area contributed by atoms with E-state index in [-0.39, 0.29) is 0 Å². The Morgan fingerprint density at radius 1 is 0.270 bits per heavy atom. The van der Waals surface area contributed by atoms with Crippen LogP contribution in [-0.2, 0) is 5.41 Å². The lowest BCUT2D eigenvalue weighted by molar-refractivity contribution is 0.669. The molecule has 2 nitrogen and oxygen atoms in total. The van der Waals surface area contributed by atoms with E-state index < -0.39 is 5.41 Å². The Bertz CT molecular complexity index is 3500. The number of anilines is 3. The van der Waals surface area contributed by atoms with E-state index in [1.54, 1.807) is 0 Å². The van der Waals surface area contributed by atoms with Crippen LogP contribution in [-0.4, -0.2) is 0 Å². The second-order valence-electron chi connectivity index (χ2n) is 16.8. The van der Waals surface area contributed by atoms with Gasteiger partial charge >= 0.3 is 0 Å². The summed E-state index contributed by atoms with van der Waals surface area (Å²) in [6, 6.07) is 86.6. The highest BCUT2D eigenvalue weighted by Gasteiger charge is 2.51. The molecule has 0 aliphatic heterocycles. The number of furan rings is 1. The number of hydrogen-bond acceptors (Lipinski definition) is 2. The second-order valence-corrected chi connectivity index (χ2v) is 16.8. The molecular formula is C61H39NO. The molecule has 0 fully saturated rings. The summed E-state index contributed by atoms with van der Waals surface area (Å²) in [5.74, 6) is 0. The topological polar surface area (TPSA) is 16.4 Å². The van der Waals surface area contributed by atoms with Crippen molar-refractivity contribution >= 4 is 39.0 Å². The number of para-hydroxylation sites is 1. The first-order valence-corrected chi connectivity index (χ1v) is 21.7. The molecule has 0 saturated carbocycles. The minimum atomic E-state index is -0.443. The van der Waals surface area contributed by atoms with Crippen molar-refractivity contribution in [2.75, 3.05) is 4.90 Å². The van der Waals surface area contributed by atoms with E-state index in [1.807, 2.05) is 12.1 Å². The van der Waals surface area contributed by atoms with Crippen molar-refractivity contribution in [2.45, 2.75) is 5.41 Å². The highest BCUT2D eigenvalue weighted by molar-refractivity contribution is 6.06. The summed E-state index contributed by atoms with van der Waals surface area (Å²) in [5, 5.41) is 2.25. The number of rotatable bonds is 6. The third-order valence-corrected chi connectivity index (χ3v) is 13.5. The molecule has 2 aliphatic rings. The van der Waals surface area contributed by atoms with Gasteiger partial charge in [0, 0.05) is 27.8 Å². The largest absolute Gasteiger partial charge is 0.456 e. The predicted octanol–water partition coefficient (Wildman–Crippen LogP) is 16.4. The molecule has 2 heteroatoms. The minimum absolute atomic E-state index is 0.443. The summed E-state index contributed by atoms with van der Waals surface area (Å²) >= 11 is 0. The molecule has 11 aromatic rings. The zero-order valence-electron chi connectivity index (χ0n) is 34.4. The zero-order chi connectivity index (χ0) is 41.5. The molecule has 2 aliphatic carbocycles. The lowest BCUT2D eigenvalue weighted by atomic mass is 9.70. The average Bonchev–Trinajstić information content (AvgIpc) is 3.98. The SMILES string of the molecule is c1ccc(-c2ccc(-c3ccc(N(c4cccc(-c5ccc6oc7ccccc7c6c5)c4)c4ccc5c(c4)C4(c6ccccc6-c6ccccc64)c4ccccc4-5)cc3)cc2)cc1. The van der Waals surface area contributed by atoms with E-state index in [4.69, 9.17) is 4.42 Å². The summed E-state index contributed by atoms with van der Waals surface area (Å²) in [6.45, 7) is 0. The molecule has 63 heavy (non-hydrogen) atoms. The van der Waals surface area contributed by atoms with Crippen molar-refractivity contribution in [3.8, 4) is 55.6 Å². The zero-order valence-corrected chi connectivity index (χ0v) is 34.4. The van der Waals surface area contributed by atoms with Crippen molar-refractivity contribution in [3.05, 3.63) is 259 Å². The van der Waals surface area contributed by atoms with Gasteiger partial charge in [-0.15, -0.1) is 0 Å². The summed E-state index contributed by atoms with van der Waals surface area (Å²) in [5.41, 5.74) is 22.3. The maximum absolute atomic E-state index is 6.22. The smallest absolute Gasteiger partial charge is 0.135 e. The normalized spacial score (nSPS) is 12.9. The third kappa shape index (κ3) is 5.38.